The van der Waals surface area contributed by atoms with Gasteiger partial charge in [0.1, 0.15) is 0 Å². The third-order valence-corrected chi connectivity index (χ3v) is 4.11. The van der Waals surface area contributed by atoms with Gasteiger partial charge in [0.15, 0.2) is 0 Å². The Kier molecular flexibility index (Phi) is 2.03. The molecule has 2 heteroatoms. The Balaban J connectivity index is 2.59. The van der Waals surface area contributed by atoms with Crippen LogP contribution in [0.25, 0.3) is 0 Å². The second kappa shape index (κ2) is 2.95. The van der Waals surface area contributed by atoms with Gasteiger partial charge in [-0.2, -0.15) is 0 Å². The first kappa shape index (κ1) is 8.95. The largest absolute Gasteiger partial charge is 0.285 e. The summed E-state index contributed by atoms with van der Waals surface area (Å²) in [5.41, 5.74) is 4.26. The van der Waals surface area contributed by atoms with E-state index in [-0.39, 0.29) is 0 Å². The molecule has 2 heterocycles. The number of hydrogen-bond donors (Lipinski definition) is 0. The van der Waals surface area contributed by atoms with E-state index >= 15 is 0 Å². The molecule has 1 nitrogen and oxygen atoms in total. The minimum absolute atomic E-state index is 0.472. The summed E-state index contributed by atoms with van der Waals surface area (Å²) >= 11 is 1.90. The van der Waals surface area contributed by atoms with Crippen molar-refractivity contribution in [1.29, 1.82) is 0 Å². The fraction of sp³-hybridized carbons (Fsp3) is 0.545. The normalized spacial score (nSPS) is 21.2. The minimum Gasteiger partial charge on any atom is -0.285 e. The maximum Gasteiger partial charge on any atom is 0.0516 e. The predicted molar refractivity (Wildman–Crippen MR) is 59.2 cm³/mol. The van der Waals surface area contributed by atoms with Crippen LogP contribution in [-0.2, 0) is 6.42 Å². The molecule has 1 aromatic rings. The summed E-state index contributed by atoms with van der Waals surface area (Å²) < 4.78 is 0. The van der Waals surface area contributed by atoms with Crippen molar-refractivity contribution in [3.63, 3.8) is 0 Å². The van der Waals surface area contributed by atoms with E-state index in [2.05, 4.69) is 32.7 Å². The molecule has 0 aromatic carbocycles. The van der Waals surface area contributed by atoms with Gasteiger partial charge in [0.25, 0.3) is 0 Å². The van der Waals surface area contributed by atoms with E-state index in [1.165, 1.54) is 21.0 Å². The van der Waals surface area contributed by atoms with E-state index < -0.39 is 0 Å². The molecule has 0 spiro atoms. The predicted octanol–water partition coefficient (Wildman–Crippen LogP) is 3.12. The van der Waals surface area contributed by atoms with Crippen LogP contribution in [0.3, 0.4) is 0 Å². The molecule has 1 aliphatic heterocycles. The molecule has 0 N–H and O–H groups in total. The van der Waals surface area contributed by atoms with Crippen molar-refractivity contribution in [1.82, 2.24) is 0 Å². The van der Waals surface area contributed by atoms with Crippen LogP contribution in [-0.4, -0.2) is 11.8 Å². The van der Waals surface area contributed by atoms with E-state index in [4.69, 9.17) is 0 Å². The Bertz CT molecular complexity index is 374. The zero-order chi connectivity index (χ0) is 9.59. The molecule has 0 fully saturated rings. The number of rotatable bonds is 0. The van der Waals surface area contributed by atoms with Crippen LogP contribution in [0.2, 0.25) is 0 Å². The molecule has 0 aliphatic carbocycles. The first-order valence-electron chi connectivity index (χ1n) is 4.73. The van der Waals surface area contributed by atoms with Crippen LogP contribution in [0, 0.1) is 13.8 Å². The molecule has 70 valence electrons. The van der Waals surface area contributed by atoms with Crippen molar-refractivity contribution in [3.05, 3.63) is 20.9 Å². The lowest BCUT2D eigenvalue weighted by Crippen LogP contribution is -2.15. The first-order chi connectivity index (χ1) is 6.09. The van der Waals surface area contributed by atoms with Gasteiger partial charge >= 0.3 is 0 Å². The average Bonchev–Trinajstić information content (AvgIpc) is 2.32. The van der Waals surface area contributed by atoms with Crippen molar-refractivity contribution < 1.29 is 0 Å². The highest BCUT2D eigenvalue weighted by atomic mass is 32.1. The van der Waals surface area contributed by atoms with Gasteiger partial charge in [-0.3, -0.25) is 4.99 Å². The summed E-state index contributed by atoms with van der Waals surface area (Å²) in [5.74, 6) is 0. The van der Waals surface area contributed by atoms with Crippen LogP contribution >= 0.6 is 11.3 Å². The Labute approximate surface area is 83.5 Å². The van der Waals surface area contributed by atoms with Crippen molar-refractivity contribution in [2.24, 2.45) is 4.99 Å². The fourth-order valence-electron chi connectivity index (χ4n) is 1.94. The van der Waals surface area contributed by atoms with Crippen molar-refractivity contribution in [2.75, 3.05) is 0 Å². The van der Waals surface area contributed by atoms with Crippen LogP contribution in [0.15, 0.2) is 4.99 Å². The molecular formula is C11H15NS. The zero-order valence-electron chi connectivity index (χ0n) is 8.64. The van der Waals surface area contributed by atoms with Gasteiger partial charge in [-0.25, -0.2) is 0 Å². The standard InChI is InChI=1S/C11H15NS/c1-6-5-10-7(2)9(4)13-11(10)8(3)12-6/h6H,5H2,1-4H3. The Hall–Kier alpha value is -0.630. The Morgan fingerprint density at radius 1 is 1.31 bits per heavy atom. The van der Waals surface area contributed by atoms with Gasteiger partial charge in [0.2, 0.25) is 0 Å². The lowest BCUT2D eigenvalue weighted by atomic mass is 9.98. The molecule has 0 saturated carbocycles. The topological polar surface area (TPSA) is 12.4 Å². The summed E-state index contributed by atoms with van der Waals surface area (Å²) in [6.07, 6.45) is 1.13. The summed E-state index contributed by atoms with van der Waals surface area (Å²) in [6, 6.07) is 0.472. The van der Waals surface area contributed by atoms with Crippen LogP contribution in [0.4, 0.5) is 0 Å². The molecule has 1 unspecified atom stereocenters. The summed E-state index contributed by atoms with van der Waals surface area (Å²) in [4.78, 5) is 7.48. The highest BCUT2D eigenvalue weighted by molar-refractivity contribution is 7.14. The fourth-order valence-corrected chi connectivity index (χ4v) is 3.08. The highest BCUT2D eigenvalue weighted by Gasteiger charge is 2.20. The number of aliphatic imine (C=N–C) groups is 1. The third-order valence-electron chi connectivity index (χ3n) is 2.75. The average molecular weight is 193 g/mol. The lowest BCUT2D eigenvalue weighted by Gasteiger charge is -2.16. The van der Waals surface area contributed by atoms with E-state index in [0.717, 1.165) is 6.42 Å². The Morgan fingerprint density at radius 2 is 2.00 bits per heavy atom. The summed E-state index contributed by atoms with van der Waals surface area (Å²) in [7, 11) is 0. The number of nitrogens with zero attached hydrogens (tertiary/aromatic N) is 1. The van der Waals surface area contributed by atoms with Crippen molar-refractivity contribution in [3.8, 4) is 0 Å². The van der Waals surface area contributed by atoms with Gasteiger partial charge in [-0.05, 0) is 45.2 Å². The van der Waals surface area contributed by atoms with Crippen LogP contribution in [0.1, 0.15) is 34.7 Å². The molecule has 0 saturated heterocycles. The Morgan fingerprint density at radius 3 is 2.69 bits per heavy atom. The molecule has 2 rings (SSSR count). The van der Waals surface area contributed by atoms with Gasteiger partial charge in [0.05, 0.1) is 10.9 Å². The number of thiophene rings is 1. The van der Waals surface area contributed by atoms with E-state index in [9.17, 15) is 0 Å². The van der Waals surface area contributed by atoms with E-state index in [1.54, 1.807) is 5.56 Å². The maximum atomic E-state index is 4.61. The lowest BCUT2D eigenvalue weighted by molar-refractivity contribution is 0.727. The van der Waals surface area contributed by atoms with Gasteiger partial charge < -0.3 is 0 Å². The molecule has 1 atom stereocenters. The van der Waals surface area contributed by atoms with Crippen LogP contribution < -0.4 is 0 Å². The SMILES string of the molecule is CC1=NC(C)Cc2c1sc(C)c2C. The quantitative estimate of drug-likeness (QED) is 0.600. The number of hydrogen-bond acceptors (Lipinski definition) is 2. The zero-order valence-corrected chi connectivity index (χ0v) is 9.46. The summed E-state index contributed by atoms with van der Waals surface area (Å²) in [5, 5.41) is 0. The molecule has 1 aliphatic rings. The molecule has 1 aromatic heterocycles. The van der Waals surface area contributed by atoms with Gasteiger partial charge in [0, 0.05) is 10.6 Å². The van der Waals surface area contributed by atoms with Crippen LogP contribution in [0.5, 0.6) is 0 Å². The molecular weight excluding hydrogens is 178 g/mol. The van der Waals surface area contributed by atoms with Crippen molar-refractivity contribution in [2.45, 2.75) is 40.2 Å². The molecule has 0 bridgehead atoms. The monoisotopic (exact) mass is 193 g/mol. The first-order valence-corrected chi connectivity index (χ1v) is 5.55. The molecule has 13 heavy (non-hydrogen) atoms. The van der Waals surface area contributed by atoms with Crippen molar-refractivity contribution >= 4 is 17.0 Å². The second-order valence-electron chi connectivity index (χ2n) is 3.86. The molecule has 0 amide bonds. The maximum absolute atomic E-state index is 4.61. The number of fused-ring (bicyclic) bond motifs is 1. The smallest absolute Gasteiger partial charge is 0.0516 e. The third kappa shape index (κ3) is 1.33. The summed E-state index contributed by atoms with van der Waals surface area (Å²) in [6.45, 7) is 8.76. The highest BCUT2D eigenvalue weighted by Crippen LogP contribution is 2.32. The second-order valence-corrected chi connectivity index (χ2v) is 5.08. The van der Waals surface area contributed by atoms with Gasteiger partial charge in [-0.1, -0.05) is 0 Å². The van der Waals surface area contributed by atoms with Gasteiger partial charge in [-0.15, -0.1) is 11.3 Å². The minimum atomic E-state index is 0.472. The van der Waals surface area contributed by atoms with E-state index in [1.807, 2.05) is 11.3 Å². The number of aryl methyl sites for hydroxylation is 1. The van der Waals surface area contributed by atoms with E-state index in [0.29, 0.717) is 6.04 Å². The molecule has 0 radical (unpaired) electrons.